The van der Waals surface area contributed by atoms with Crippen LogP contribution in [0.1, 0.15) is 26.7 Å². The second-order valence-corrected chi connectivity index (χ2v) is 5.13. The van der Waals surface area contributed by atoms with Gasteiger partial charge in [-0.3, -0.25) is 0 Å². The number of nitrogens with two attached hydrogens (primary N) is 1. The third-order valence-electron chi connectivity index (χ3n) is 3.08. The molecule has 1 heterocycles. The van der Waals surface area contributed by atoms with Crippen LogP contribution in [-0.4, -0.2) is 25.2 Å². The average Bonchev–Trinajstić information content (AvgIpc) is 2.31. The molecule has 2 rings (SSSR count). The average molecular weight is 252 g/mol. The zero-order valence-corrected chi connectivity index (χ0v) is 11.0. The summed E-state index contributed by atoms with van der Waals surface area (Å²) in [5, 5.41) is 0. The number of piperidine rings is 1. The van der Waals surface area contributed by atoms with E-state index in [1.165, 1.54) is 12.1 Å². The highest BCUT2D eigenvalue weighted by Gasteiger charge is 2.20. The van der Waals surface area contributed by atoms with Gasteiger partial charge in [-0.05, 0) is 38.8 Å². The van der Waals surface area contributed by atoms with Gasteiger partial charge in [0.2, 0.25) is 0 Å². The van der Waals surface area contributed by atoms with Crippen molar-refractivity contribution in [1.29, 1.82) is 0 Å². The second kappa shape index (κ2) is 5.57. The minimum absolute atomic E-state index is 0.0766. The van der Waals surface area contributed by atoms with Crippen LogP contribution in [0, 0.1) is 5.82 Å². The van der Waals surface area contributed by atoms with Gasteiger partial charge in [0.25, 0.3) is 0 Å². The van der Waals surface area contributed by atoms with Crippen molar-refractivity contribution in [2.45, 2.75) is 38.8 Å². The Labute approximate surface area is 108 Å². The van der Waals surface area contributed by atoms with Gasteiger partial charge in [0.15, 0.2) is 0 Å². The number of halogens is 1. The fraction of sp³-hybridized carbons (Fsp3) is 0.571. The van der Waals surface area contributed by atoms with E-state index in [0.29, 0.717) is 0 Å². The fourth-order valence-electron chi connectivity index (χ4n) is 2.32. The molecule has 4 heteroatoms. The van der Waals surface area contributed by atoms with Crippen LogP contribution in [-0.2, 0) is 0 Å². The lowest BCUT2D eigenvalue weighted by Gasteiger charge is -2.33. The molecule has 0 radical (unpaired) electrons. The SMILES string of the molecule is CC(C)Oc1ccc(F)cc1N1CCCC(N)C1. The molecule has 1 aliphatic heterocycles. The minimum Gasteiger partial charge on any atom is -0.489 e. The number of nitrogens with zero attached hydrogens (tertiary/aromatic N) is 1. The Kier molecular flexibility index (Phi) is 4.07. The molecule has 0 amide bonds. The molecular formula is C14H21FN2O. The summed E-state index contributed by atoms with van der Waals surface area (Å²) in [4.78, 5) is 2.12. The molecule has 1 aliphatic rings. The highest BCUT2D eigenvalue weighted by molar-refractivity contribution is 5.59. The number of rotatable bonds is 3. The Morgan fingerprint density at radius 1 is 1.44 bits per heavy atom. The molecule has 0 bridgehead atoms. The van der Waals surface area contributed by atoms with Crippen molar-refractivity contribution in [1.82, 2.24) is 0 Å². The Balaban J connectivity index is 2.26. The van der Waals surface area contributed by atoms with Gasteiger partial charge in [-0.1, -0.05) is 0 Å². The van der Waals surface area contributed by atoms with E-state index in [1.54, 1.807) is 6.07 Å². The molecule has 1 unspecified atom stereocenters. The smallest absolute Gasteiger partial charge is 0.143 e. The first-order chi connectivity index (χ1) is 8.56. The molecule has 1 atom stereocenters. The Hall–Kier alpha value is -1.29. The molecule has 1 saturated heterocycles. The van der Waals surface area contributed by atoms with Crippen LogP contribution in [0.15, 0.2) is 18.2 Å². The summed E-state index contributed by atoms with van der Waals surface area (Å²) in [5.41, 5.74) is 6.79. The highest BCUT2D eigenvalue weighted by Crippen LogP contribution is 2.31. The van der Waals surface area contributed by atoms with E-state index in [2.05, 4.69) is 4.90 Å². The van der Waals surface area contributed by atoms with E-state index in [-0.39, 0.29) is 18.0 Å². The Morgan fingerprint density at radius 3 is 2.89 bits per heavy atom. The summed E-state index contributed by atoms with van der Waals surface area (Å²) in [6.07, 6.45) is 2.15. The number of anilines is 1. The van der Waals surface area contributed by atoms with Crippen molar-refractivity contribution < 1.29 is 9.13 Å². The van der Waals surface area contributed by atoms with Gasteiger partial charge in [0.05, 0.1) is 11.8 Å². The maximum Gasteiger partial charge on any atom is 0.143 e. The van der Waals surface area contributed by atoms with Crippen molar-refractivity contribution in [3.05, 3.63) is 24.0 Å². The molecule has 0 spiro atoms. The minimum atomic E-state index is -0.236. The summed E-state index contributed by atoms with van der Waals surface area (Å²) in [6, 6.07) is 4.83. The predicted molar refractivity (Wildman–Crippen MR) is 71.6 cm³/mol. The van der Waals surface area contributed by atoms with Gasteiger partial charge < -0.3 is 15.4 Å². The summed E-state index contributed by atoms with van der Waals surface area (Å²) in [6.45, 7) is 5.60. The zero-order valence-electron chi connectivity index (χ0n) is 11.0. The lowest BCUT2D eigenvalue weighted by molar-refractivity contribution is 0.242. The monoisotopic (exact) mass is 252 g/mol. The molecule has 0 aromatic heterocycles. The van der Waals surface area contributed by atoms with Gasteiger partial charge in [-0.15, -0.1) is 0 Å². The van der Waals surface area contributed by atoms with Gasteiger partial charge >= 0.3 is 0 Å². The summed E-state index contributed by atoms with van der Waals surface area (Å²) < 4.78 is 19.2. The Bertz CT molecular complexity index is 409. The molecule has 3 nitrogen and oxygen atoms in total. The zero-order chi connectivity index (χ0) is 13.1. The van der Waals surface area contributed by atoms with Crippen LogP contribution in [0.2, 0.25) is 0 Å². The van der Waals surface area contributed by atoms with E-state index < -0.39 is 0 Å². The van der Waals surface area contributed by atoms with Gasteiger partial charge in [-0.2, -0.15) is 0 Å². The lowest BCUT2D eigenvalue weighted by atomic mass is 10.1. The Morgan fingerprint density at radius 2 is 2.22 bits per heavy atom. The van der Waals surface area contributed by atoms with Crippen molar-refractivity contribution in [3.63, 3.8) is 0 Å². The third-order valence-corrected chi connectivity index (χ3v) is 3.08. The quantitative estimate of drug-likeness (QED) is 0.898. The maximum absolute atomic E-state index is 13.4. The largest absolute Gasteiger partial charge is 0.489 e. The summed E-state index contributed by atoms with van der Waals surface area (Å²) in [5.74, 6) is 0.501. The molecule has 1 aromatic carbocycles. The van der Waals surface area contributed by atoms with Crippen LogP contribution < -0.4 is 15.4 Å². The molecular weight excluding hydrogens is 231 g/mol. The van der Waals surface area contributed by atoms with Crippen molar-refractivity contribution in [2.75, 3.05) is 18.0 Å². The summed E-state index contributed by atoms with van der Waals surface area (Å²) >= 11 is 0. The molecule has 18 heavy (non-hydrogen) atoms. The first kappa shape index (κ1) is 13.1. The molecule has 1 aromatic rings. The van der Waals surface area contributed by atoms with Crippen molar-refractivity contribution in [3.8, 4) is 5.75 Å². The summed E-state index contributed by atoms with van der Waals surface area (Å²) in [7, 11) is 0. The van der Waals surface area contributed by atoms with Crippen molar-refractivity contribution >= 4 is 5.69 Å². The van der Waals surface area contributed by atoms with E-state index >= 15 is 0 Å². The van der Waals surface area contributed by atoms with Gasteiger partial charge in [-0.25, -0.2) is 4.39 Å². The molecule has 2 N–H and O–H groups in total. The predicted octanol–water partition coefficient (Wildman–Crippen LogP) is 2.54. The standard InChI is InChI=1S/C14H21FN2O/c1-10(2)18-14-6-5-11(15)8-13(14)17-7-3-4-12(16)9-17/h5-6,8,10,12H,3-4,7,9,16H2,1-2H3. The van der Waals surface area contributed by atoms with E-state index in [4.69, 9.17) is 10.5 Å². The first-order valence-electron chi connectivity index (χ1n) is 6.53. The molecule has 1 fully saturated rings. The topological polar surface area (TPSA) is 38.5 Å². The van der Waals surface area contributed by atoms with Crippen LogP contribution in [0.4, 0.5) is 10.1 Å². The highest BCUT2D eigenvalue weighted by atomic mass is 19.1. The normalized spacial score (nSPS) is 20.3. The second-order valence-electron chi connectivity index (χ2n) is 5.13. The van der Waals surface area contributed by atoms with Crippen LogP contribution in [0.3, 0.4) is 0 Å². The van der Waals surface area contributed by atoms with E-state index in [0.717, 1.165) is 37.4 Å². The lowest BCUT2D eigenvalue weighted by Crippen LogP contribution is -2.43. The van der Waals surface area contributed by atoms with Crippen molar-refractivity contribution in [2.24, 2.45) is 5.73 Å². The van der Waals surface area contributed by atoms with Crippen LogP contribution in [0.5, 0.6) is 5.75 Å². The van der Waals surface area contributed by atoms with Gasteiger partial charge in [0, 0.05) is 25.2 Å². The molecule has 100 valence electrons. The van der Waals surface area contributed by atoms with Crippen LogP contribution in [0.25, 0.3) is 0 Å². The van der Waals surface area contributed by atoms with E-state index in [1.807, 2.05) is 13.8 Å². The first-order valence-corrected chi connectivity index (χ1v) is 6.53. The molecule has 0 aliphatic carbocycles. The number of hydrogen-bond donors (Lipinski definition) is 1. The number of hydrogen-bond acceptors (Lipinski definition) is 3. The van der Waals surface area contributed by atoms with Gasteiger partial charge in [0.1, 0.15) is 11.6 Å². The third kappa shape index (κ3) is 3.13. The molecule has 0 saturated carbocycles. The maximum atomic E-state index is 13.4. The van der Waals surface area contributed by atoms with Crippen LogP contribution >= 0.6 is 0 Å². The number of ether oxygens (including phenoxy) is 1. The number of benzene rings is 1. The van der Waals surface area contributed by atoms with E-state index in [9.17, 15) is 4.39 Å². The fourth-order valence-corrected chi connectivity index (χ4v) is 2.32.